The highest BCUT2D eigenvalue weighted by molar-refractivity contribution is 7.89. The van der Waals surface area contributed by atoms with Crippen LogP contribution in [0, 0.1) is 0 Å². The Kier molecular flexibility index (Phi) is 3.56. The fourth-order valence-corrected chi connectivity index (χ4v) is 3.50. The van der Waals surface area contributed by atoms with Gasteiger partial charge in [-0.3, -0.25) is 0 Å². The molecular weight excluding hydrogens is 238 g/mol. The van der Waals surface area contributed by atoms with Crippen molar-refractivity contribution < 1.29 is 8.42 Å². The molecule has 0 amide bonds. The van der Waals surface area contributed by atoms with Gasteiger partial charge < -0.3 is 9.88 Å². The summed E-state index contributed by atoms with van der Waals surface area (Å²) in [5.41, 5.74) is 0. The van der Waals surface area contributed by atoms with E-state index >= 15 is 0 Å². The number of aromatic nitrogens is 1. The Balaban J connectivity index is 2.07. The molecule has 2 heterocycles. The van der Waals surface area contributed by atoms with Crippen LogP contribution in [-0.4, -0.2) is 31.6 Å². The van der Waals surface area contributed by atoms with Crippen molar-refractivity contribution in [1.82, 2.24) is 14.6 Å². The van der Waals surface area contributed by atoms with E-state index in [1.165, 1.54) is 0 Å². The van der Waals surface area contributed by atoms with Crippen LogP contribution < -0.4 is 10.0 Å². The minimum atomic E-state index is -3.36. The molecule has 0 spiro atoms. The van der Waals surface area contributed by atoms with Gasteiger partial charge in [0.05, 0.1) is 4.90 Å². The van der Waals surface area contributed by atoms with E-state index in [9.17, 15) is 8.42 Å². The Bertz CT molecular complexity index is 481. The summed E-state index contributed by atoms with van der Waals surface area (Å²) in [4.78, 5) is 0.339. The molecule has 0 saturated carbocycles. The summed E-state index contributed by atoms with van der Waals surface area (Å²) in [5.74, 6) is 0. The van der Waals surface area contributed by atoms with Crippen molar-refractivity contribution in [2.45, 2.75) is 36.7 Å². The molecule has 96 valence electrons. The summed E-state index contributed by atoms with van der Waals surface area (Å²) in [7, 11) is -1.55. The largest absolute Gasteiger partial charge is 0.356 e. The number of rotatable bonds is 3. The number of nitrogens with zero attached hydrogens (tertiary/aromatic N) is 1. The van der Waals surface area contributed by atoms with Crippen LogP contribution in [0.4, 0.5) is 0 Å². The summed E-state index contributed by atoms with van der Waals surface area (Å²) in [5, 5.41) is 3.30. The first kappa shape index (κ1) is 12.6. The lowest BCUT2D eigenvalue weighted by Gasteiger charge is -2.28. The Morgan fingerprint density at radius 2 is 2.29 bits per heavy atom. The van der Waals surface area contributed by atoms with Crippen LogP contribution >= 0.6 is 0 Å². The van der Waals surface area contributed by atoms with Crippen molar-refractivity contribution >= 4 is 10.0 Å². The summed E-state index contributed by atoms with van der Waals surface area (Å²) in [6.07, 6.45) is 5.04. The number of piperidine rings is 1. The molecule has 2 rings (SSSR count). The monoisotopic (exact) mass is 257 g/mol. The minimum absolute atomic E-state index is 0.0384. The second kappa shape index (κ2) is 4.80. The van der Waals surface area contributed by atoms with Gasteiger partial charge in [0.2, 0.25) is 10.0 Å². The smallest absolute Gasteiger partial charge is 0.242 e. The van der Waals surface area contributed by atoms with E-state index in [1.807, 2.05) is 7.05 Å². The van der Waals surface area contributed by atoms with Crippen molar-refractivity contribution in [1.29, 1.82) is 0 Å². The molecule has 1 saturated heterocycles. The van der Waals surface area contributed by atoms with Crippen LogP contribution in [0.3, 0.4) is 0 Å². The molecule has 0 aliphatic carbocycles. The van der Waals surface area contributed by atoms with Crippen molar-refractivity contribution in [2.24, 2.45) is 7.05 Å². The van der Waals surface area contributed by atoms with Crippen LogP contribution in [0.25, 0.3) is 0 Å². The standard InChI is InChI=1S/C11H19N3O2S/c1-9-7-10(3-5-12-9)13-17(15,16)11-4-6-14(2)8-11/h4,6,8-10,12-13H,3,5,7H2,1-2H3. The van der Waals surface area contributed by atoms with Gasteiger partial charge >= 0.3 is 0 Å². The van der Waals surface area contributed by atoms with Crippen LogP contribution in [-0.2, 0) is 17.1 Å². The summed E-state index contributed by atoms with van der Waals surface area (Å²) in [6.45, 7) is 2.94. The normalized spacial score (nSPS) is 26.0. The van der Waals surface area contributed by atoms with E-state index in [0.29, 0.717) is 10.9 Å². The average Bonchev–Trinajstić information content (AvgIpc) is 2.65. The molecule has 2 N–H and O–H groups in total. The van der Waals surface area contributed by atoms with Crippen molar-refractivity contribution in [3.63, 3.8) is 0 Å². The first-order valence-electron chi connectivity index (χ1n) is 5.85. The number of hydrogen-bond acceptors (Lipinski definition) is 3. The fraction of sp³-hybridized carbons (Fsp3) is 0.636. The molecule has 5 nitrogen and oxygen atoms in total. The molecule has 0 radical (unpaired) electrons. The lowest BCUT2D eigenvalue weighted by molar-refractivity contribution is 0.361. The van der Waals surface area contributed by atoms with Gasteiger partial charge in [0.1, 0.15) is 0 Å². The highest BCUT2D eigenvalue weighted by Gasteiger charge is 2.24. The molecule has 0 bridgehead atoms. The van der Waals surface area contributed by atoms with Gasteiger partial charge in [0.15, 0.2) is 0 Å². The molecular formula is C11H19N3O2S. The highest BCUT2D eigenvalue weighted by Crippen LogP contribution is 2.14. The zero-order valence-electron chi connectivity index (χ0n) is 10.2. The molecule has 2 unspecified atom stereocenters. The van der Waals surface area contributed by atoms with Gasteiger partial charge in [-0.2, -0.15) is 0 Å². The molecule has 1 aliphatic rings. The maximum absolute atomic E-state index is 12.1. The lowest BCUT2D eigenvalue weighted by atomic mass is 10.0. The quantitative estimate of drug-likeness (QED) is 0.826. The fourth-order valence-electron chi connectivity index (χ4n) is 2.16. The summed E-state index contributed by atoms with van der Waals surface area (Å²) < 4.78 is 28.7. The third kappa shape index (κ3) is 3.08. The van der Waals surface area contributed by atoms with Gasteiger partial charge in [-0.1, -0.05) is 0 Å². The third-order valence-electron chi connectivity index (χ3n) is 3.06. The molecule has 0 aromatic carbocycles. The van der Waals surface area contributed by atoms with E-state index < -0.39 is 10.0 Å². The average molecular weight is 257 g/mol. The van der Waals surface area contributed by atoms with Gasteiger partial charge in [-0.25, -0.2) is 13.1 Å². The molecule has 1 fully saturated rings. The Morgan fingerprint density at radius 1 is 1.53 bits per heavy atom. The first-order chi connectivity index (χ1) is 7.97. The van der Waals surface area contributed by atoms with E-state index in [4.69, 9.17) is 0 Å². The van der Waals surface area contributed by atoms with Gasteiger partial charge in [-0.05, 0) is 32.4 Å². The van der Waals surface area contributed by atoms with E-state index in [2.05, 4.69) is 17.0 Å². The number of nitrogens with one attached hydrogen (secondary N) is 2. The maximum Gasteiger partial charge on any atom is 0.242 e. The second-order valence-corrected chi connectivity index (χ2v) is 6.42. The van der Waals surface area contributed by atoms with Gasteiger partial charge in [0, 0.05) is 31.5 Å². The molecule has 17 heavy (non-hydrogen) atoms. The number of sulfonamides is 1. The SMILES string of the molecule is CC1CC(NS(=O)(=O)c2ccn(C)c2)CCN1. The molecule has 1 aromatic heterocycles. The van der Waals surface area contributed by atoms with Gasteiger partial charge in [0.25, 0.3) is 0 Å². The Labute approximate surface area is 102 Å². The zero-order chi connectivity index (χ0) is 12.5. The second-order valence-electron chi connectivity index (χ2n) is 4.71. The summed E-state index contributed by atoms with van der Waals surface area (Å²) >= 11 is 0. The van der Waals surface area contributed by atoms with Crippen molar-refractivity contribution in [3.8, 4) is 0 Å². The third-order valence-corrected chi connectivity index (χ3v) is 4.57. The zero-order valence-corrected chi connectivity index (χ0v) is 11.0. The van der Waals surface area contributed by atoms with E-state index in [-0.39, 0.29) is 6.04 Å². The number of aryl methyl sites for hydroxylation is 1. The van der Waals surface area contributed by atoms with Crippen LogP contribution in [0.1, 0.15) is 19.8 Å². The molecule has 6 heteroatoms. The summed E-state index contributed by atoms with van der Waals surface area (Å²) in [6, 6.07) is 2.02. The number of hydrogen-bond donors (Lipinski definition) is 2. The lowest BCUT2D eigenvalue weighted by Crippen LogP contribution is -2.46. The Morgan fingerprint density at radius 3 is 2.88 bits per heavy atom. The van der Waals surface area contributed by atoms with Crippen LogP contribution in [0.5, 0.6) is 0 Å². The predicted octanol–water partition coefficient (Wildman–Crippen LogP) is 0.444. The molecule has 1 aromatic rings. The van der Waals surface area contributed by atoms with E-state index in [1.54, 1.807) is 23.0 Å². The topological polar surface area (TPSA) is 63.1 Å². The van der Waals surface area contributed by atoms with Crippen LogP contribution in [0.15, 0.2) is 23.4 Å². The highest BCUT2D eigenvalue weighted by atomic mass is 32.2. The van der Waals surface area contributed by atoms with E-state index in [0.717, 1.165) is 19.4 Å². The van der Waals surface area contributed by atoms with Crippen LogP contribution in [0.2, 0.25) is 0 Å². The van der Waals surface area contributed by atoms with Gasteiger partial charge in [-0.15, -0.1) is 0 Å². The minimum Gasteiger partial charge on any atom is -0.356 e. The first-order valence-corrected chi connectivity index (χ1v) is 7.33. The predicted molar refractivity (Wildman–Crippen MR) is 66.2 cm³/mol. The Hall–Kier alpha value is -0.850. The maximum atomic E-state index is 12.1. The molecule has 2 atom stereocenters. The van der Waals surface area contributed by atoms with Crippen molar-refractivity contribution in [2.75, 3.05) is 6.54 Å². The molecule has 1 aliphatic heterocycles. The van der Waals surface area contributed by atoms with Crippen molar-refractivity contribution in [3.05, 3.63) is 18.5 Å².